The van der Waals surface area contributed by atoms with E-state index in [0.717, 1.165) is 30.0 Å². The number of hydrogen-bond acceptors (Lipinski definition) is 3. The number of rotatable bonds is 4. The minimum Gasteiger partial charge on any atom is -0.367 e. The van der Waals surface area contributed by atoms with Gasteiger partial charge >= 0.3 is 0 Å². The van der Waals surface area contributed by atoms with Gasteiger partial charge in [-0.05, 0) is 44.4 Å². The standard InChI is InChI=1S/C16H26ClN3/c1-5-6-13-19-14(17)11(2)15(20-13)18-12-7-9-16(3,4)10-8-12/h12H,5-10H2,1-4H3,(H,18,19,20). The maximum atomic E-state index is 6.23. The van der Waals surface area contributed by atoms with E-state index < -0.39 is 0 Å². The van der Waals surface area contributed by atoms with Gasteiger partial charge in [0.1, 0.15) is 16.8 Å². The van der Waals surface area contributed by atoms with Crippen LogP contribution in [0, 0.1) is 12.3 Å². The second-order valence-electron chi connectivity index (χ2n) is 6.74. The Morgan fingerprint density at radius 3 is 2.50 bits per heavy atom. The Bertz CT molecular complexity index is 461. The molecule has 0 unspecified atom stereocenters. The van der Waals surface area contributed by atoms with Crippen LogP contribution in [0.25, 0.3) is 0 Å². The van der Waals surface area contributed by atoms with E-state index in [9.17, 15) is 0 Å². The number of anilines is 1. The topological polar surface area (TPSA) is 37.8 Å². The van der Waals surface area contributed by atoms with Gasteiger partial charge in [-0.3, -0.25) is 0 Å². The van der Waals surface area contributed by atoms with Crippen LogP contribution in [0.3, 0.4) is 0 Å². The minimum absolute atomic E-state index is 0.490. The van der Waals surface area contributed by atoms with Crippen molar-refractivity contribution in [1.82, 2.24) is 9.97 Å². The summed E-state index contributed by atoms with van der Waals surface area (Å²) in [5.74, 6) is 1.78. The Labute approximate surface area is 127 Å². The van der Waals surface area contributed by atoms with Crippen LogP contribution in [-0.4, -0.2) is 16.0 Å². The minimum atomic E-state index is 0.490. The van der Waals surface area contributed by atoms with Crippen molar-refractivity contribution in [3.63, 3.8) is 0 Å². The van der Waals surface area contributed by atoms with E-state index >= 15 is 0 Å². The summed E-state index contributed by atoms with van der Waals surface area (Å²) in [5, 5.41) is 4.18. The first-order valence-corrected chi connectivity index (χ1v) is 8.08. The number of hydrogen-bond donors (Lipinski definition) is 1. The molecule has 0 saturated heterocycles. The van der Waals surface area contributed by atoms with Crippen LogP contribution in [-0.2, 0) is 6.42 Å². The third kappa shape index (κ3) is 3.85. The van der Waals surface area contributed by atoms with E-state index in [0.29, 0.717) is 16.6 Å². The van der Waals surface area contributed by atoms with Crippen LogP contribution in [0.1, 0.15) is 64.3 Å². The molecule has 1 aromatic rings. The molecule has 20 heavy (non-hydrogen) atoms. The molecule has 2 rings (SSSR count). The molecule has 0 atom stereocenters. The van der Waals surface area contributed by atoms with E-state index in [4.69, 9.17) is 11.6 Å². The summed E-state index contributed by atoms with van der Waals surface area (Å²) < 4.78 is 0. The van der Waals surface area contributed by atoms with E-state index in [1.165, 1.54) is 25.7 Å². The molecule has 0 bridgehead atoms. The van der Waals surface area contributed by atoms with Crippen molar-refractivity contribution in [2.24, 2.45) is 5.41 Å². The average Bonchev–Trinajstić information content (AvgIpc) is 2.38. The van der Waals surface area contributed by atoms with Gasteiger partial charge in [0, 0.05) is 18.0 Å². The predicted molar refractivity (Wildman–Crippen MR) is 85.4 cm³/mol. The van der Waals surface area contributed by atoms with Gasteiger partial charge in [-0.25, -0.2) is 9.97 Å². The predicted octanol–water partition coefficient (Wildman–Crippen LogP) is 4.77. The lowest BCUT2D eigenvalue weighted by molar-refractivity contribution is 0.232. The largest absolute Gasteiger partial charge is 0.367 e. The van der Waals surface area contributed by atoms with E-state index in [1.54, 1.807) is 0 Å². The molecule has 1 fully saturated rings. The first-order valence-electron chi connectivity index (χ1n) is 7.71. The highest BCUT2D eigenvalue weighted by molar-refractivity contribution is 6.30. The molecule has 0 aliphatic heterocycles. The summed E-state index contributed by atoms with van der Waals surface area (Å²) in [6.45, 7) is 8.84. The Balaban J connectivity index is 2.09. The molecule has 112 valence electrons. The summed E-state index contributed by atoms with van der Waals surface area (Å²) >= 11 is 6.23. The molecular weight excluding hydrogens is 270 g/mol. The maximum absolute atomic E-state index is 6.23. The lowest BCUT2D eigenvalue weighted by Crippen LogP contribution is -2.30. The molecule has 1 aromatic heterocycles. The van der Waals surface area contributed by atoms with Gasteiger partial charge in [-0.2, -0.15) is 0 Å². The van der Waals surface area contributed by atoms with Crippen molar-refractivity contribution in [2.45, 2.75) is 72.3 Å². The summed E-state index contributed by atoms with van der Waals surface area (Å²) in [4.78, 5) is 9.00. The zero-order valence-corrected chi connectivity index (χ0v) is 13.8. The van der Waals surface area contributed by atoms with E-state index in [1.807, 2.05) is 6.92 Å². The Hall–Kier alpha value is -0.830. The van der Waals surface area contributed by atoms with Gasteiger partial charge in [0.25, 0.3) is 0 Å². The monoisotopic (exact) mass is 295 g/mol. The van der Waals surface area contributed by atoms with Crippen LogP contribution in [0.15, 0.2) is 0 Å². The highest BCUT2D eigenvalue weighted by Gasteiger charge is 2.27. The van der Waals surface area contributed by atoms with Gasteiger partial charge < -0.3 is 5.32 Å². The molecule has 1 aliphatic rings. The van der Waals surface area contributed by atoms with Gasteiger partial charge in [0.05, 0.1) is 0 Å². The molecule has 1 heterocycles. The average molecular weight is 296 g/mol. The highest BCUT2D eigenvalue weighted by atomic mass is 35.5. The molecule has 0 amide bonds. The number of aryl methyl sites for hydroxylation is 1. The van der Waals surface area contributed by atoms with Crippen LogP contribution in [0.5, 0.6) is 0 Å². The van der Waals surface area contributed by atoms with Crippen molar-refractivity contribution in [3.8, 4) is 0 Å². The SMILES string of the molecule is CCCc1nc(Cl)c(C)c(NC2CCC(C)(C)CC2)n1. The van der Waals surface area contributed by atoms with E-state index in [-0.39, 0.29) is 0 Å². The number of nitrogens with zero attached hydrogens (tertiary/aromatic N) is 2. The highest BCUT2D eigenvalue weighted by Crippen LogP contribution is 2.36. The Morgan fingerprint density at radius 1 is 1.25 bits per heavy atom. The zero-order chi connectivity index (χ0) is 14.8. The van der Waals surface area contributed by atoms with Crippen molar-refractivity contribution < 1.29 is 0 Å². The van der Waals surface area contributed by atoms with Gasteiger partial charge in [-0.15, -0.1) is 0 Å². The maximum Gasteiger partial charge on any atom is 0.137 e. The molecule has 1 N–H and O–H groups in total. The molecule has 1 aliphatic carbocycles. The summed E-state index contributed by atoms with van der Waals surface area (Å²) in [6.07, 6.45) is 6.87. The fourth-order valence-corrected chi connectivity index (χ4v) is 2.93. The summed E-state index contributed by atoms with van der Waals surface area (Å²) in [6, 6.07) is 0.516. The first kappa shape index (κ1) is 15.6. The molecule has 3 nitrogen and oxygen atoms in total. The summed E-state index contributed by atoms with van der Waals surface area (Å²) in [7, 11) is 0. The van der Waals surface area contributed by atoms with Crippen molar-refractivity contribution >= 4 is 17.4 Å². The van der Waals surface area contributed by atoms with Crippen LogP contribution >= 0.6 is 11.6 Å². The molecule has 0 aromatic carbocycles. The summed E-state index contributed by atoms with van der Waals surface area (Å²) in [5.41, 5.74) is 1.46. The number of halogens is 1. The van der Waals surface area contributed by atoms with Gasteiger partial charge in [-0.1, -0.05) is 32.4 Å². The van der Waals surface area contributed by atoms with Gasteiger partial charge in [0.15, 0.2) is 0 Å². The van der Waals surface area contributed by atoms with Crippen molar-refractivity contribution in [1.29, 1.82) is 0 Å². The molecule has 4 heteroatoms. The fraction of sp³-hybridized carbons (Fsp3) is 0.750. The Kier molecular flexibility index (Phi) is 4.90. The van der Waals surface area contributed by atoms with Crippen LogP contribution in [0.2, 0.25) is 5.15 Å². The normalized spacial score (nSPS) is 19.1. The first-order chi connectivity index (χ1) is 9.41. The second kappa shape index (κ2) is 6.30. The third-order valence-electron chi connectivity index (χ3n) is 4.29. The zero-order valence-electron chi connectivity index (χ0n) is 13.1. The van der Waals surface area contributed by atoms with Gasteiger partial charge in [0.2, 0.25) is 0 Å². The molecule has 0 spiro atoms. The Morgan fingerprint density at radius 2 is 1.90 bits per heavy atom. The van der Waals surface area contributed by atoms with E-state index in [2.05, 4.69) is 36.1 Å². The second-order valence-corrected chi connectivity index (χ2v) is 7.10. The fourth-order valence-electron chi connectivity index (χ4n) is 2.75. The molecule has 0 radical (unpaired) electrons. The third-order valence-corrected chi connectivity index (χ3v) is 4.65. The lowest BCUT2D eigenvalue weighted by atomic mass is 9.75. The quantitative estimate of drug-likeness (QED) is 0.813. The van der Waals surface area contributed by atoms with Crippen LogP contribution in [0.4, 0.5) is 5.82 Å². The molecule has 1 saturated carbocycles. The molecular formula is C16H26ClN3. The smallest absolute Gasteiger partial charge is 0.137 e. The van der Waals surface area contributed by atoms with Crippen molar-refractivity contribution in [3.05, 3.63) is 16.5 Å². The number of aromatic nitrogens is 2. The lowest BCUT2D eigenvalue weighted by Gasteiger charge is -2.35. The number of nitrogens with one attached hydrogen (secondary N) is 1. The van der Waals surface area contributed by atoms with Crippen LogP contribution < -0.4 is 5.32 Å². The van der Waals surface area contributed by atoms with Crippen molar-refractivity contribution in [2.75, 3.05) is 5.32 Å².